The molecule has 0 fully saturated rings. The van der Waals surface area contributed by atoms with Crippen molar-refractivity contribution < 1.29 is 14.3 Å². The first-order chi connectivity index (χ1) is 10.9. The summed E-state index contributed by atoms with van der Waals surface area (Å²) in [5.74, 6) is 0.872. The molecule has 0 unspecified atom stereocenters. The van der Waals surface area contributed by atoms with Crippen molar-refractivity contribution in [2.45, 2.75) is 13.8 Å². The van der Waals surface area contributed by atoms with E-state index in [-0.39, 0.29) is 10.8 Å². The Morgan fingerprint density at radius 3 is 2.39 bits per heavy atom. The second kappa shape index (κ2) is 8.04. The lowest BCUT2D eigenvalue weighted by molar-refractivity contribution is 0.0733. The molecular formula is C17H15BrCl2O3. The highest BCUT2D eigenvalue weighted by atomic mass is 79.9. The van der Waals surface area contributed by atoms with E-state index in [2.05, 4.69) is 29.8 Å². The van der Waals surface area contributed by atoms with E-state index in [1.165, 1.54) is 6.07 Å². The maximum Gasteiger partial charge on any atom is 0.343 e. The van der Waals surface area contributed by atoms with Crippen LogP contribution in [0.5, 0.6) is 11.5 Å². The fourth-order valence-electron chi connectivity index (χ4n) is 1.73. The Morgan fingerprint density at radius 1 is 1.17 bits per heavy atom. The topological polar surface area (TPSA) is 35.5 Å². The van der Waals surface area contributed by atoms with Crippen molar-refractivity contribution in [2.75, 3.05) is 6.61 Å². The fourth-order valence-corrected chi connectivity index (χ4v) is 3.05. The number of hydrogen-bond acceptors (Lipinski definition) is 3. The zero-order chi connectivity index (χ0) is 17.0. The normalized spacial score (nSPS) is 10.7. The smallest absolute Gasteiger partial charge is 0.343 e. The van der Waals surface area contributed by atoms with Gasteiger partial charge < -0.3 is 9.47 Å². The molecule has 6 heteroatoms. The number of rotatable bonds is 5. The summed E-state index contributed by atoms with van der Waals surface area (Å²) in [6.07, 6.45) is 0. The lowest BCUT2D eigenvalue weighted by atomic mass is 10.2. The molecule has 3 nitrogen and oxygen atoms in total. The van der Waals surface area contributed by atoms with Gasteiger partial charge >= 0.3 is 5.97 Å². The molecule has 0 aliphatic rings. The summed E-state index contributed by atoms with van der Waals surface area (Å²) < 4.78 is 11.4. The molecule has 122 valence electrons. The van der Waals surface area contributed by atoms with Crippen LogP contribution < -0.4 is 9.47 Å². The van der Waals surface area contributed by atoms with Gasteiger partial charge in [0.25, 0.3) is 0 Å². The van der Waals surface area contributed by atoms with E-state index >= 15 is 0 Å². The third kappa shape index (κ3) is 5.13. The highest BCUT2D eigenvalue weighted by Crippen LogP contribution is 2.36. The third-order valence-corrected chi connectivity index (χ3v) is 3.92. The molecule has 23 heavy (non-hydrogen) atoms. The van der Waals surface area contributed by atoms with E-state index in [9.17, 15) is 4.79 Å². The molecule has 2 rings (SSSR count). The lowest BCUT2D eigenvalue weighted by Gasteiger charge is -2.10. The van der Waals surface area contributed by atoms with Crippen LogP contribution in [0.2, 0.25) is 10.0 Å². The number of esters is 1. The van der Waals surface area contributed by atoms with Crippen LogP contribution in [-0.2, 0) is 0 Å². The molecule has 0 aromatic heterocycles. The highest BCUT2D eigenvalue weighted by molar-refractivity contribution is 9.10. The van der Waals surface area contributed by atoms with Gasteiger partial charge in [0, 0.05) is 5.02 Å². The van der Waals surface area contributed by atoms with Crippen LogP contribution >= 0.6 is 39.1 Å². The number of benzene rings is 2. The van der Waals surface area contributed by atoms with E-state index in [1.54, 1.807) is 30.3 Å². The van der Waals surface area contributed by atoms with Crippen LogP contribution in [0.4, 0.5) is 0 Å². The first-order valence-corrected chi connectivity index (χ1v) is 8.51. The largest absolute Gasteiger partial charge is 0.493 e. The van der Waals surface area contributed by atoms with E-state index < -0.39 is 5.97 Å². The zero-order valence-corrected chi connectivity index (χ0v) is 15.7. The predicted octanol–water partition coefficient (Wildman–Crippen LogP) is 6.01. The summed E-state index contributed by atoms with van der Waals surface area (Å²) >= 11 is 15.2. The van der Waals surface area contributed by atoms with E-state index in [0.29, 0.717) is 33.3 Å². The van der Waals surface area contributed by atoms with Crippen LogP contribution in [0, 0.1) is 5.92 Å². The van der Waals surface area contributed by atoms with Gasteiger partial charge in [-0.1, -0.05) is 37.0 Å². The number of halogens is 3. The van der Waals surface area contributed by atoms with E-state index in [0.717, 1.165) is 0 Å². The van der Waals surface area contributed by atoms with Gasteiger partial charge in [-0.15, -0.1) is 0 Å². The average molecular weight is 418 g/mol. The number of carbonyl (C=O) groups is 1. The minimum Gasteiger partial charge on any atom is -0.493 e. The van der Waals surface area contributed by atoms with Crippen molar-refractivity contribution in [3.05, 3.63) is 56.5 Å². The molecule has 0 atom stereocenters. The molecule has 0 aliphatic carbocycles. The van der Waals surface area contributed by atoms with E-state index in [4.69, 9.17) is 32.7 Å². The lowest BCUT2D eigenvalue weighted by Crippen LogP contribution is -2.09. The zero-order valence-electron chi connectivity index (χ0n) is 12.6. The van der Waals surface area contributed by atoms with Crippen molar-refractivity contribution in [3.63, 3.8) is 0 Å². The SMILES string of the molecule is CC(C)COc1ccc(C(=O)Oc2c(Cl)cc(Cl)cc2Br)cc1. The summed E-state index contributed by atoms with van der Waals surface area (Å²) in [4.78, 5) is 12.2. The van der Waals surface area contributed by atoms with Gasteiger partial charge in [0.05, 0.1) is 21.7 Å². The molecule has 0 radical (unpaired) electrons. The van der Waals surface area contributed by atoms with Crippen molar-refractivity contribution >= 4 is 45.1 Å². The van der Waals surface area contributed by atoms with Gasteiger partial charge in [0.2, 0.25) is 0 Å². The van der Waals surface area contributed by atoms with Crippen LogP contribution in [-0.4, -0.2) is 12.6 Å². The minimum absolute atomic E-state index is 0.237. The summed E-state index contributed by atoms with van der Waals surface area (Å²) in [5.41, 5.74) is 0.403. The number of hydrogen-bond donors (Lipinski definition) is 0. The number of ether oxygens (including phenoxy) is 2. The van der Waals surface area contributed by atoms with Crippen LogP contribution in [0.1, 0.15) is 24.2 Å². The first kappa shape index (κ1) is 18.1. The predicted molar refractivity (Wildman–Crippen MR) is 95.9 cm³/mol. The number of carbonyl (C=O) groups excluding carboxylic acids is 1. The van der Waals surface area contributed by atoms with Crippen molar-refractivity contribution in [3.8, 4) is 11.5 Å². The molecule has 0 saturated carbocycles. The van der Waals surface area contributed by atoms with Crippen LogP contribution in [0.3, 0.4) is 0 Å². The molecule has 0 heterocycles. The van der Waals surface area contributed by atoms with Gasteiger partial charge in [-0.3, -0.25) is 0 Å². The Labute approximate surface area is 153 Å². The van der Waals surface area contributed by atoms with Crippen LogP contribution in [0.15, 0.2) is 40.9 Å². The van der Waals surface area contributed by atoms with Crippen LogP contribution in [0.25, 0.3) is 0 Å². The summed E-state index contributed by atoms with van der Waals surface area (Å²) in [7, 11) is 0. The third-order valence-electron chi connectivity index (χ3n) is 2.83. The molecule has 0 aliphatic heterocycles. The van der Waals surface area contributed by atoms with Gasteiger partial charge in [0.1, 0.15) is 5.75 Å². The molecule has 0 bridgehead atoms. The second-order valence-electron chi connectivity index (χ2n) is 5.32. The maximum atomic E-state index is 12.2. The monoisotopic (exact) mass is 416 g/mol. The molecule has 2 aromatic carbocycles. The molecule has 2 aromatic rings. The Hall–Kier alpha value is -1.23. The van der Waals surface area contributed by atoms with Gasteiger partial charge in [0.15, 0.2) is 5.75 Å². The minimum atomic E-state index is -0.509. The van der Waals surface area contributed by atoms with Gasteiger partial charge in [-0.05, 0) is 58.2 Å². The fraction of sp³-hybridized carbons (Fsp3) is 0.235. The molecule has 0 amide bonds. The molecule has 0 spiro atoms. The molecular weight excluding hydrogens is 403 g/mol. The Kier molecular flexibility index (Phi) is 6.33. The average Bonchev–Trinajstić information content (AvgIpc) is 2.49. The Morgan fingerprint density at radius 2 is 1.83 bits per heavy atom. The van der Waals surface area contributed by atoms with E-state index in [1.807, 2.05) is 0 Å². The standard InChI is InChI=1S/C17H15BrCl2O3/c1-10(2)9-22-13-5-3-11(4-6-13)17(21)23-16-14(18)7-12(19)8-15(16)20/h3-8,10H,9H2,1-2H3. The van der Waals surface area contributed by atoms with Gasteiger partial charge in [-0.2, -0.15) is 0 Å². The van der Waals surface area contributed by atoms with Gasteiger partial charge in [-0.25, -0.2) is 4.79 Å². The highest BCUT2D eigenvalue weighted by Gasteiger charge is 2.15. The quantitative estimate of drug-likeness (QED) is 0.441. The summed E-state index contributed by atoms with van der Waals surface area (Å²) in [6, 6.07) is 9.89. The molecule has 0 saturated heterocycles. The van der Waals surface area contributed by atoms with Crippen molar-refractivity contribution in [2.24, 2.45) is 5.92 Å². The van der Waals surface area contributed by atoms with Crippen molar-refractivity contribution in [1.29, 1.82) is 0 Å². The summed E-state index contributed by atoms with van der Waals surface area (Å²) in [5, 5.41) is 0.711. The Bertz CT molecular complexity index is 676. The Balaban J connectivity index is 2.09. The molecule has 0 N–H and O–H groups in total. The van der Waals surface area contributed by atoms with Crippen molar-refractivity contribution in [1.82, 2.24) is 0 Å². The second-order valence-corrected chi connectivity index (χ2v) is 7.02. The first-order valence-electron chi connectivity index (χ1n) is 6.96. The summed E-state index contributed by atoms with van der Waals surface area (Å²) in [6.45, 7) is 4.76. The maximum absolute atomic E-state index is 12.2.